The topological polar surface area (TPSA) is 44.3 Å². The molecule has 5 heteroatoms. The number of anilines is 3. The predicted molar refractivity (Wildman–Crippen MR) is 166 cm³/mol. The fourth-order valence-corrected chi connectivity index (χ4v) is 6.54. The minimum Gasteiger partial charge on any atom is -0.309 e. The Morgan fingerprint density at radius 3 is 2.45 bits per heavy atom. The summed E-state index contributed by atoms with van der Waals surface area (Å²) in [5.41, 5.74) is 7.75. The minimum atomic E-state index is -0.219. The molecule has 0 atom stereocenters. The Hall–Kier alpha value is -4.97. The van der Waals surface area contributed by atoms with Crippen molar-refractivity contribution in [3.8, 4) is 16.6 Å². The molecule has 0 bridgehead atoms. The summed E-state index contributed by atoms with van der Waals surface area (Å²) < 4.78 is 0. The van der Waals surface area contributed by atoms with E-state index in [0.29, 0.717) is 0 Å². The number of rotatable bonds is 5. The molecule has 0 amide bonds. The van der Waals surface area contributed by atoms with E-state index >= 15 is 0 Å². The smallest absolute Gasteiger partial charge is 0.261 e. The van der Waals surface area contributed by atoms with Crippen molar-refractivity contribution >= 4 is 45.2 Å². The third-order valence-electron chi connectivity index (χ3n) is 7.48. The van der Waals surface area contributed by atoms with Gasteiger partial charge in [-0.25, -0.2) is 10.1 Å². The second kappa shape index (κ2) is 9.97. The number of aryl methyl sites for hydroxylation is 1. The van der Waals surface area contributed by atoms with Crippen molar-refractivity contribution in [1.29, 1.82) is 5.26 Å². The molecule has 0 saturated heterocycles. The largest absolute Gasteiger partial charge is 0.309 e. The lowest BCUT2D eigenvalue weighted by atomic mass is 9.83. The Labute approximate surface area is 238 Å². The van der Waals surface area contributed by atoms with Gasteiger partial charge in [0.05, 0.1) is 35.1 Å². The van der Waals surface area contributed by atoms with Gasteiger partial charge >= 0.3 is 0 Å². The van der Waals surface area contributed by atoms with E-state index in [1.165, 1.54) is 32.3 Å². The summed E-state index contributed by atoms with van der Waals surface area (Å²) in [5, 5.41) is 11.4. The standard InChI is InChI=1S/C35H26N4S/c1-23-12-15-27(16-13-23)39(28-17-14-24-8-5-6-9-25(24)18-28)29-19-31-33(38-22-29)34-32(35(31,2)3)20-30(40-34)11-7-10-26(21-36)37-4/h5-20,22H,1-3H3/b11-7+,26-10-. The molecule has 40 heavy (non-hydrogen) atoms. The highest BCUT2D eigenvalue weighted by Crippen LogP contribution is 2.53. The number of nitrogens with zero attached hydrogens (tertiary/aromatic N) is 4. The van der Waals surface area contributed by atoms with Gasteiger partial charge < -0.3 is 4.90 Å². The number of allylic oxidation sites excluding steroid dienone is 3. The first-order valence-corrected chi connectivity index (χ1v) is 13.9. The van der Waals surface area contributed by atoms with Gasteiger partial charge in [0.1, 0.15) is 0 Å². The maximum absolute atomic E-state index is 8.99. The Morgan fingerprint density at radius 1 is 0.950 bits per heavy atom. The molecule has 0 spiro atoms. The van der Waals surface area contributed by atoms with Crippen LogP contribution in [-0.2, 0) is 5.41 Å². The molecular formula is C35H26N4S. The molecule has 0 aliphatic heterocycles. The van der Waals surface area contributed by atoms with E-state index < -0.39 is 0 Å². The third-order valence-corrected chi connectivity index (χ3v) is 8.58. The van der Waals surface area contributed by atoms with Crippen LogP contribution in [-0.4, -0.2) is 4.98 Å². The molecule has 4 nitrogen and oxygen atoms in total. The van der Waals surface area contributed by atoms with Gasteiger partial charge in [0.25, 0.3) is 5.70 Å². The zero-order chi connectivity index (χ0) is 27.9. The van der Waals surface area contributed by atoms with Gasteiger partial charge in [-0.3, -0.25) is 4.98 Å². The van der Waals surface area contributed by atoms with Crippen molar-refractivity contribution in [2.45, 2.75) is 26.2 Å². The van der Waals surface area contributed by atoms with E-state index in [2.05, 4.69) is 109 Å². The van der Waals surface area contributed by atoms with E-state index in [1.807, 2.05) is 18.3 Å². The molecule has 0 radical (unpaired) electrons. The zero-order valence-electron chi connectivity index (χ0n) is 22.5. The molecule has 0 saturated carbocycles. The van der Waals surface area contributed by atoms with Gasteiger partial charge in [0.15, 0.2) is 0 Å². The highest BCUT2D eigenvalue weighted by Gasteiger charge is 2.39. The number of fused-ring (bicyclic) bond motifs is 4. The zero-order valence-corrected chi connectivity index (χ0v) is 23.3. The van der Waals surface area contributed by atoms with Crippen LogP contribution in [0.1, 0.15) is 35.4 Å². The van der Waals surface area contributed by atoms with Crippen molar-refractivity contribution in [3.05, 3.63) is 136 Å². The van der Waals surface area contributed by atoms with Gasteiger partial charge in [0, 0.05) is 21.7 Å². The maximum atomic E-state index is 8.99. The molecular weight excluding hydrogens is 508 g/mol. The molecule has 2 aromatic heterocycles. The fraction of sp³-hybridized carbons (Fsp3) is 0.114. The summed E-state index contributed by atoms with van der Waals surface area (Å²) in [4.78, 5) is 12.8. The second-order valence-electron chi connectivity index (χ2n) is 10.4. The van der Waals surface area contributed by atoms with E-state index in [9.17, 15) is 0 Å². The Morgan fingerprint density at radius 2 is 1.70 bits per heavy atom. The third kappa shape index (κ3) is 4.37. The number of hydrogen-bond acceptors (Lipinski definition) is 4. The lowest BCUT2D eigenvalue weighted by Gasteiger charge is -2.28. The van der Waals surface area contributed by atoms with E-state index in [1.54, 1.807) is 23.5 Å². The van der Waals surface area contributed by atoms with Crippen molar-refractivity contribution in [2.75, 3.05) is 4.90 Å². The highest BCUT2D eigenvalue weighted by molar-refractivity contribution is 7.16. The molecule has 2 heterocycles. The van der Waals surface area contributed by atoms with Crippen LogP contribution in [0.15, 0.2) is 103 Å². The van der Waals surface area contributed by atoms with Crippen LogP contribution < -0.4 is 4.90 Å². The first kappa shape index (κ1) is 25.3. The molecule has 1 aliphatic carbocycles. The fourth-order valence-electron chi connectivity index (χ4n) is 5.30. The summed E-state index contributed by atoms with van der Waals surface area (Å²) in [6.07, 6.45) is 7.25. The van der Waals surface area contributed by atoms with Crippen LogP contribution in [0.25, 0.3) is 32.3 Å². The lowest BCUT2D eigenvalue weighted by Crippen LogP contribution is -2.17. The van der Waals surface area contributed by atoms with E-state index in [-0.39, 0.29) is 11.1 Å². The predicted octanol–water partition coefficient (Wildman–Crippen LogP) is 9.72. The maximum Gasteiger partial charge on any atom is 0.261 e. The van der Waals surface area contributed by atoms with E-state index in [4.69, 9.17) is 16.8 Å². The number of nitriles is 1. The quantitative estimate of drug-likeness (QED) is 0.128. The molecule has 6 rings (SSSR count). The minimum absolute atomic E-state index is 0.0739. The molecule has 0 fully saturated rings. The average Bonchev–Trinajstić information content (AvgIpc) is 3.49. The van der Waals surface area contributed by atoms with Gasteiger partial charge in [-0.1, -0.05) is 68.0 Å². The summed E-state index contributed by atoms with van der Waals surface area (Å²) in [7, 11) is 0. The molecule has 1 aliphatic rings. The van der Waals surface area contributed by atoms with Crippen molar-refractivity contribution in [1.82, 2.24) is 4.98 Å². The SMILES string of the molecule is [C-]#[N+]/C(C#N)=C\C=C\c1cc2c(s1)-c1ncc(N(c3ccc(C)cc3)c3ccc4ccccc4c3)cc1C2(C)C. The van der Waals surface area contributed by atoms with Crippen LogP contribution in [0.4, 0.5) is 17.1 Å². The second-order valence-corrected chi connectivity index (χ2v) is 11.5. The Balaban J connectivity index is 1.44. The Bertz CT molecular complexity index is 1890. The first-order chi connectivity index (χ1) is 19.4. The number of thiophene rings is 1. The normalized spacial score (nSPS) is 13.6. The van der Waals surface area contributed by atoms with Gasteiger partial charge in [-0.05, 0) is 77.4 Å². The number of pyridine rings is 1. The number of hydrogen-bond donors (Lipinski definition) is 0. The van der Waals surface area contributed by atoms with Crippen LogP contribution in [0.2, 0.25) is 0 Å². The molecule has 3 aromatic carbocycles. The summed E-state index contributed by atoms with van der Waals surface area (Å²) >= 11 is 1.69. The van der Waals surface area contributed by atoms with Crippen LogP contribution in [0.5, 0.6) is 0 Å². The number of aromatic nitrogens is 1. The summed E-state index contributed by atoms with van der Waals surface area (Å²) in [6, 6.07) is 30.0. The Kier molecular flexibility index (Phi) is 6.31. The van der Waals surface area contributed by atoms with Gasteiger partial charge in [0.2, 0.25) is 0 Å². The summed E-state index contributed by atoms with van der Waals surface area (Å²) in [6.45, 7) is 13.7. The molecule has 0 unspecified atom stereocenters. The highest BCUT2D eigenvalue weighted by atomic mass is 32.1. The van der Waals surface area contributed by atoms with Crippen LogP contribution >= 0.6 is 11.3 Å². The van der Waals surface area contributed by atoms with E-state index in [0.717, 1.165) is 27.6 Å². The molecule has 0 N–H and O–H groups in total. The van der Waals surface area contributed by atoms with Crippen molar-refractivity contribution < 1.29 is 0 Å². The van der Waals surface area contributed by atoms with Gasteiger partial charge in [-0.2, -0.15) is 0 Å². The molecule has 5 aromatic rings. The summed E-state index contributed by atoms with van der Waals surface area (Å²) in [5.74, 6) is 0. The van der Waals surface area contributed by atoms with Crippen molar-refractivity contribution in [3.63, 3.8) is 0 Å². The van der Waals surface area contributed by atoms with Gasteiger partial charge in [-0.15, -0.1) is 11.3 Å². The monoisotopic (exact) mass is 534 g/mol. The average molecular weight is 535 g/mol. The number of benzene rings is 3. The van der Waals surface area contributed by atoms with Crippen LogP contribution in [0.3, 0.4) is 0 Å². The molecule has 192 valence electrons. The first-order valence-electron chi connectivity index (χ1n) is 13.1. The van der Waals surface area contributed by atoms with Crippen LogP contribution in [0, 0.1) is 24.8 Å². The van der Waals surface area contributed by atoms with Crippen molar-refractivity contribution in [2.24, 2.45) is 0 Å². The lowest BCUT2D eigenvalue weighted by molar-refractivity contribution is 0.660.